The van der Waals surface area contributed by atoms with Crippen LogP contribution in [0, 0.1) is 0 Å². The average Bonchev–Trinajstić information content (AvgIpc) is 1.57. The maximum atomic E-state index is 9.81. The van der Waals surface area contributed by atoms with Gasteiger partial charge in [0.15, 0.2) is 0 Å². The third-order valence-electron chi connectivity index (χ3n) is 19.5. The molecule has 0 radical (unpaired) electrons. The monoisotopic (exact) mass is 1190 g/mol. The van der Waals surface area contributed by atoms with Crippen LogP contribution < -0.4 is 9.80 Å². The zero-order valence-electron chi connectivity index (χ0n) is 60.7. The first kappa shape index (κ1) is 45.4. The van der Waals surface area contributed by atoms with Gasteiger partial charge in [-0.05, 0) is 184 Å². The predicted molar refractivity (Wildman–Crippen MR) is 388 cm³/mol. The molecule has 2 unspecified atom stereocenters. The molecular weight excluding hydrogens is 1120 g/mol. The SMILES string of the molecule is [2H]c1c([2H])c([2H])c(C2(c3ccc(C=C)cc3)c3ccccc3-c3ccc(N(c4ccccc4)c4ccc5c(c4)C(c4ccccc4)(c4ccccc4)c4cc(N(c6ccccc6)c6ccc7c(c6)C(c6ccc(C=C)cc6)(c6c([2H])c([2H])c([2H])c([2H])c6[2H])c6ccccc6-7)ccc4-5)cc32)c([2H])c1[2H]. The van der Waals surface area contributed by atoms with E-state index in [-0.39, 0.29) is 35.3 Å². The lowest BCUT2D eigenvalue weighted by Gasteiger charge is -2.36. The quantitative estimate of drug-likeness (QED) is 0.107. The van der Waals surface area contributed by atoms with E-state index in [1.54, 1.807) is 12.2 Å². The van der Waals surface area contributed by atoms with Crippen molar-refractivity contribution >= 4 is 46.3 Å². The molecule has 2 atom stereocenters. The molecule has 14 aromatic carbocycles. The van der Waals surface area contributed by atoms with E-state index in [1.165, 1.54) is 0 Å². The Bertz CT molecular complexity index is 5390. The van der Waals surface area contributed by atoms with Gasteiger partial charge in [0.05, 0.1) is 30.0 Å². The van der Waals surface area contributed by atoms with Crippen molar-refractivity contribution < 1.29 is 13.7 Å². The van der Waals surface area contributed by atoms with Crippen LogP contribution >= 0.6 is 0 Å². The highest BCUT2D eigenvalue weighted by atomic mass is 15.1. The largest absolute Gasteiger partial charge is 0.310 e. The summed E-state index contributed by atoms with van der Waals surface area (Å²) < 4.78 is 93.6. The van der Waals surface area contributed by atoms with Crippen LogP contribution in [0.15, 0.2) is 365 Å². The number of rotatable bonds is 14. The molecule has 93 heavy (non-hydrogen) atoms. The van der Waals surface area contributed by atoms with Crippen molar-refractivity contribution in [3.63, 3.8) is 0 Å². The summed E-state index contributed by atoms with van der Waals surface area (Å²) in [6.07, 6.45) is 3.54. The van der Waals surface area contributed by atoms with Gasteiger partial charge in [-0.15, -0.1) is 0 Å². The summed E-state index contributed by atoms with van der Waals surface area (Å²) in [5, 5.41) is 0. The molecule has 2 heteroatoms. The molecule has 3 aliphatic rings. The summed E-state index contributed by atoms with van der Waals surface area (Å²) in [5.74, 6) is 0. The van der Waals surface area contributed by atoms with Gasteiger partial charge in [0.25, 0.3) is 0 Å². The van der Waals surface area contributed by atoms with Gasteiger partial charge < -0.3 is 9.80 Å². The lowest BCUT2D eigenvalue weighted by atomic mass is 9.67. The molecule has 14 aromatic rings. The van der Waals surface area contributed by atoms with Gasteiger partial charge in [-0.1, -0.05) is 304 Å². The van der Waals surface area contributed by atoms with Gasteiger partial charge >= 0.3 is 0 Å². The zero-order valence-corrected chi connectivity index (χ0v) is 50.7. The van der Waals surface area contributed by atoms with Crippen LogP contribution in [0.2, 0.25) is 0 Å². The summed E-state index contributed by atoms with van der Waals surface area (Å²) in [4.78, 5) is 4.52. The molecule has 0 saturated heterocycles. The van der Waals surface area contributed by atoms with Crippen molar-refractivity contribution in [1.82, 2.24) is 0 Å². The molecule has 0 saturated carbocycles. The minimum absolute atomic E-state index is 0.161. The normalized spacial score (nSPS) is 17.3. The van der Waals surface area contributed by atoms with E-state index >= 15 is 0 Å². The summed E-state index contributed by atoms with van der Waals surface area (Å²) in [5.41, 5.74) is 17.6. The number of fused-ring (bicyclic) bond motifs is 9. The van der Waals surface area contributed by atoms with Crippen molar-refractivity contribution in [3.8, 4) is 33.4 Å². The second kappa shape index (κ2) is 22.3. The molecule has 0 aromatic heterocycles. The minimum Gasteiger partial charge on any atom is -0.310 e. The van der Waals surface area contributed by atoms with Crippen molar-refractivity contribution in [3.05, 3.63) is 443 Å². The molecule has 0 aliphatic heterocycles. The van der Waals surface area contributed by atoms with Crippen molar-refractivity contribution in [2.45, 2.75) is 16.2 Å². The lowest BCUT2D eigenvalue weighted by molar-refractivity contribution is 0.767. The Kier molecular flexibility index (Phi) is 10.9. The Morgan fingerprint density at radius 2 is 0.505 bits per heavy atom. The fourth-order valence-corrected chi connectivity index (χ4v) is 15.7. The van der Waals surface area contributed by atoms with E-state index in [4.69, 9.17) is 2.74 Å². The summed E-state index contributed by atoms with van der Waals surface area (Å²) >= 11 is 0. The minimum atomic E-state index is -1.39. The van der Waals surface area contributed by atoms with Gasteiger partial charge in [-0.25, -0.2) is 0 Å². The van der Waals surface area contributed by atoms with E-state index in [0.29, 0.717) is 0 Å². The number of hydrogen-bond acceptors (Lipinski definition) is 2. The lowest BCUT2D eigenvalue weighted by Crippen LogP contribution is -2.29. The second-order valence-electron chi connectivity index (χ2n) is 24.0. The van der Waals surface area contributed by atoms with Crippen LogP contribution in [0.25, 0.3) is 45.5 Å². The van der Waals surface area contributed by atoms with Crippen molar-refractivity contribution in [2.75, 3.05) is 9.80 Å². The van der Waals surface area contributed by atoms with Gasteiger partial charge in [0, 0.05) is 34.1 Å². The van der Waals surface area contributed by atoms with Gasteiger partial charge in [-0.3, -0.25) is 0 Å². The van der Waals surface area contributed by atoms with Crippen LogP contribution in [-0.4, -0.2) is 0 Å². The first-order valence-electron chi connectivity index (χ1n) is 36.4. The maximum absolute atomic E-state index is 9.81. The predicted octanol–water partition coefficient (Wildman–Crippen LogP) is 23.0. The van der Waals surface area contributed by atoms with Crippen LogP contribution in [-0.2, 0) is 16.2 Å². The first-order chi connectivity index (χ1) is 50.2. The van der Waals surface area contributed by atoms with E-state index in [1.807, 2.05) is 121 Å². The van der Waals surface area contributed by atoms with Crippen LogP contribution in [0.4, 0.5) is 34.1 Å². The maximum Gasteiger partial charge on any atom is 0.0715 e. The smallest absolute Gasteiger partial charge is 0.0715 e. The molecule has 0 bridgehead atoms. The Labute approximate surface area is 559 Å². The Morgan fingerprint density at radius 1 is 0.237 bits per heavy atom. The molecule has 438 valence electrons. The highest BCUT2D eigenvalue weighted by Crippen LogP contribution is 2.62. The van der Waals surface area contributed by atoms with Crippen LogP contribution in [0.3, 0.4) is 0 Å². The molecule has 0 fully saturated rings. The number of nitrogens with zero attached hydrogens (tertiary/aromatic N) is 2. The van der Waals surface area contributed by atoms with Gasteiger partial charge in [0.2, 0.25) is 0 Å². The van der Waals surface area contributed by atoms with Gasteiger partial charge in [0.1, 0.15) is 0 Å². The molecule has 17 rings (SSSR count). The van der Waals surface area contributed by atoms with Crippen LogP contribution in [0.1, 0.15) is 91.6 Å². The molecule has 0 spiro atoms. The van der Waals surface area contributed by atoms with E-state index in [2.05, 4.69) is 193 Å². The molecule has 0 heterocycles. The molecule has 0 N–H and O–H groups in total. The zero-order chi connectivity index (χ0) is 70.8. The van der Waals surface area contributed by atoms with E-state index in [0.717, 1.165) is 134 Å². The molecular formula is C91H64N2. The van der Waals surface area contributed by atoms with Crippen molar-refractivity contribution in [2.24, 2.45) is 0 Å². The van der Waals surface area contributed by atoms with E-state index in [9.17, 15) is 11.0 Å². The average molecular weight is 1200 g/mol. The molecule has 0 amide bonds. The molecule has 2 nitrogen and oxygen atoms in total. The first-order valence-corrected chi connectivity index (χ1v) is 31.4. The second-order valence-corrected chi connectivity index (χ2v) is 24.0. The fraction of sp³-hybridized carbons (Fsp3) is 0.0330. The highest BCUT2D eigenvalue weighted by molar-refractivity contribution is 5.95. The fourth-order valence-electron chi connectivity index (χ4n) is 15.7. The number of para-hydroxylation sites is 2. The summed E-state index contributed by atoms with van der Waals surface area (Å²) in [6.45, 7) is 8.11. The third kappa shape index (κ3) is 8.35. The summed E-state index contributed by atoms with van der Waals surface area (Å²) in [7, 11) is 0. The molecule has 3 aliphatic carbocycles. The Hall–Kier alpha value is -11.8. The van der Waals surface area contributed by atoms with Crippen LogP contribution in [0.5, 0.6) is 0 Å². The van der Waals surface area contributed by atoms with E-state index < -0.39 is 52.5 Å². The Morgan fingerprint density at radius 3 is 0.828 bits per heavy atom. The summed E-state index contributed by atoms with van der Waals surface area (Å²) in [6, 6.07) is 96.3. The third-order valence-corrected chi connectivity index (χ3v) is 19.5. The standard InChI is InChI=1S/C91H64N2/c1-3-63-43-47-69(48-44-63)89(65-27-11-5-12-28-65)83-41-25-23-39-77(83)79-55-51-73(59-85(79)89)92(71-35-19-9-20-36-71)75-53-57-81-82-58-54-76(62-88(82)91(87(81)61-75,67-31-15-7-16-32-67)68-33-17-8-18-34-68)93(72-37-21-10-22-38-72)74-52-56-80-78-40-24-26-42-84(78)90(86(80)60-74,66-29-13-6-14-30-66)70-49-45-64(4-2)46-50-70/h3-62H,1-2H2/i5D,6D,11D,12D,13D,14D,27D,28D,29D,30D. The number of hydrogen-bond donors (Lipinski definition) is 0. The van der Waals surface area contributed by atoms with Gasteiger partial charge in [-0.2, -0.15) is 0 Å². The Balaban J connectivity index is 0.896. The topological polar surface area (TPSA) is 6.48 Å². The van der Waals surface area contributed by atoms with Crippen molar-refractivity contribution in [1.29, 1.82) is 0 Å². The number of benzene rings is 14. The highest BCUT2D eigenvalue weighted by Gasteiger charge is 2.50. The number of anilines is 6.